The molecule has 0 aromatic carbocycles. The van der Waals surface area contributed by atoms with E-state index >= 15 is 0 Å². The van der Waals surface area contributed by atoms with Crippen LogP contribution in [0.4, 0.5) is 0 Å². The van der Waals surface area contributed by atoms with Gasteiger partial charge in [-0.25, -0.2) is 0 Å². The standard InChI is InChI=1S/C12H16/c1-8-4-11(5-8)12-7-9-2-3-10(12)6-9/h2-3,8-10H,4-7H2,1H3. The molecule has 0 aromatic heterocycles. The summed E-state index contributed by atoms with van der Waals surface area (Å²) in [6, 6.07) is 0. The average Bonchev–Trinajstić information content (AvgIpc) is 2.58. The van der Waals surface area contributed by atoms with Gasteiger partial charge in [-0.15, -0.1) is 0 Å². The largest absolute Gasteiger partial charge is 0.0845 e. The normalized spacial score (nSPS) is 43.9. The predicted octanol–water partition coefficient (Wildman–Crippen LogP) is 3.31. The van der Waals surface area contributed by atoms with Crippen molar-refractivity contribution < 1.29 is 0 Å². The molecule has 0 aliphatic heterocycles. The van der Waals surface area contributed by atoms with Crippen LogP contribution in [0, 0.1) is 17.8 Å². The Hall–Kier alpha value is -0.520. The molecular weight excluding hydrogens is 144 g/mol. The van der Waals surface area contributed by atoms with Gasteiger partial charge in [-0.1, -0.05) is 30.2 Å². The maximum absolute atomic E-state index is 2.44. The van der Waals surface area contributed by atoms with E-state index in [1.165, 1.54) is 25.7 Å². The molecule has 0 nitrogen and oxygen atoms in total. The lowest BCUT2D eigenvalue weighted by atomic mass is 9.76. The van der Waals surface area contributed by atoms with Crippen LogP contribution in [0.3, 0.4) is 0 Å². The van der Waals surface area contributed by atoms with Crippen LogP contribution in [0.1, 0.15) is 32.6 Å². The van der Waals surface area contributed by atoms with Gasteiger partial charge in [0.05, 0.1) is 0 Å². The third kappa shape index (κ3) is 0.840. The lowest BCUT2D eigenvalue weighted by Gasteiger charge is -2.29. The van der Waals surface area contributed by atoms with Gasteiger partial charge in [0.2, 0.25) is 0 Å². The number of hydrogen-bond acceptors (Lipinski definition) is 0. The molecule has 0 heterocycles. The van der Waals surface area contributed by atoms with Crippen molar-refractivity contribution in [1.29, 1.82) is 0 Å². The highest BCUT2D eigenvalue weighted by molar-refractivity contribution is 5.34. The summed E-state index contributed by atoms with van der Waals surface area (Å²) in [7, 11) is 0. The van der Waals surface area contributed by atoms with E-state index in [0.29, 0.717) is 0 Å². The van der Waals surface area contributed by atoms with Gasteiger partial charge in [-0.05, 0) is 43.4 Å². The number of fused-ring (bicyclic) bond motifs is 2. The Morgan fingerprint density at radius 1 is 1.17 bits per heavy atom. The van der Waals surface area contributed by atoms with Crippen molar-refractivity contribution in [2.24, 2.45) is 17.8 Å². The first-order valence-corrected chi connectivity index (χ1v) is 5.22. The number of rotatable bonds is 0. The summed E-state index contributed by atoms with van der Waals surface area (Å²) in [4.78, 5) is 0. The van der Waals surface area contributed by atoms with Crippen LogP contribution in [0.2, 0.25) is 0 Å². The maximum atomic E-state index is 2.44. The van der Waals surface area contributed by atoms with Crippen LogP contribution in [0.25, 0.3) is 0 Å². The van der Waals surface area contributed by atoms with Crippen molar-refractivity contribution in [3.63, 3.8) is 0 Å². The Kier molecular flexibility index (Phi) is 1.30. The first-order chi connectivity index (χ1) is 5.83. The molecule has 12 heavy (non-hydrogen) atoms. The lowest BCUT2D eigenvalue weighted by molar-refractivity contribution is 0.448. The Morgan fingerprint density at radius 3 is 2.50 bits per heavy atom. The summed E-state index contributed by atoms with van der Waals surface area (Å²) in [5, 5.41) is 0. The molecule has 2 fully saturated rings. The Balaban J connectivity index is 1.87. The van der Waals surface area contributed by atoms with Gasteiger partial charge < -0.3 is 0 Å². The molecule has 2 atom stereocenters. The van der Waals surface area contributed by atoms with E-state index in [2.05, 4.69) is 19.1 Å². The smallest absolute Gasteiger partial charge is 0.00146 e. The Labute approximate surface area is 74.4 Å². The van der Waals surface area contributed by atoms with Gasteiger partial charge in [-0.2, -0.15) is 0 Å². The Bertz CT molecular complexity index is 262. The molecule has 0 heteroatoms. The maximum Gasteiger partial charge on any atom is -0.00146 e. The molecule has 0 amide bonds. The SMILES string of the molecule is CC1CC(=C2CC3C=CC2C3)C1. The average molecular weight is 160 g/mol. The van der Waals surface area contributed by atoms with E-state index in [9.17, 15) is 0 Å². The van der Waals surface area contributed by atoms with Crippen molar-refractivity contribution in [3.05, 3.63) is 23.3 Å². The van der Waals surface area contributed by atoms with Crippen LogP contribution in [-0.4, -0.2) is 0 Å². The van der Waals surface area contributed by atoms with E-state index in [-0.39, 0.29) is 0 Å². The van der Waals surface area contributed by atoms with Crippen LogP contribution in [-0.2, 0) is 0 Å². The zero-order valence-electron chi connectivity index (χ0n) is 7.72. The highest BCUT2D eigenvalue weighted by Crippen LogP contribution is 2.49. The quantitative estimate of drug-likeness (QED) is 0.477. The van der Waals surface area contributed by atoms with Crippen molar-refractivity contribution >= 4 is 0 Å². The van der Waals surface area contributed by atoms with E-state index in [1.807, 2.05) is 11.1 Å². The molecule has 0 N–H and O–H groups in total. The van der Waals surface area contributed by atoms with Gasteiger partial charge in [0.25, 0.3) is 0 Å². The molecule has 2 unspecified atom stereocenters. The van der Waals surface area contributed by atoms with Gasteiger partial charge in [0, 0.05) is 0 Å². The molecule has 2 saturated carbocycles. The summed E-state index contributed by atoms with van der Waals surface area (Å²) in [5.41, 5.74) is 3.65. The van der Waals surface area contributed by atoms with E-state index < -0.39 is 0 Å². The zero-order chi connectivity index (χ0) is 8.13. The topological polar surface area (TPSA) is 0 Å². The molecule has 3 aliphatic carbocycles. The molecule has 0 aromatic rings. The predicted molar refractivity (Wildman–Crippen MR) is 50.8 cm³/mol. The summed E-state index contributed by atoms with van der Waals surface area (Å²) in [5.74, 6) is 2.78. The molecule has 0 saturated heterocycles. The number of allylic oxidation sites excluding steroid dienone is 4. The molecule has 64 valence electrons. The van der Waals surface area contributed by atoms with Crippen molar-refractivity contribution in [1.82, 2.24) is 0 Å². The summed E-state index contributed by atoms with van der Waals surface area (Å²) in [6.45, 7) is 2.37. The molecule has 2 bridgehead atoms. The summed E-state index contributed by atoms with van der Waals surface area (Å²) >= 11 is 0. The fourth-order valence-electron chi connectivity index (χ4n) is 3.07. The van der Waals surface area contributed by atoms with Gasteiger partial charge >= 0.3 is 0 Å². The minimum Gasteiger partial charge on any atom is -0.0845 e. The minimum absolute atomic E-state index is 0.873. The molecule has 3 aliphatic rings. The second-order valence-electron chi connectivity index (χ2n) is 4.83. The molecular formula is C12H16. The van der Waals surface area contributed by atoms with Crippen LogP contribution >= 0.6 is 0 Å². The third-order valence-electron chi connectivity index (χ3n) is 3.75. The van der Waals surface area contributed by atoms with Gasteiger partial charge in [-0.3, -0.25) is 0 Å². The van der Waals surface area contributed by atoms with Crippen LogP contribution < -0.4 is 0 Å². The van der Waals surface area contributed by atoms with E-state index in [0.717, 1.165) is 17.8 Å². The monoisotopic (exact) mass is 160 g/mol. The van der Waals surface area contributed by atoms with E-state index in [4.69, 9.17) is 0 Å². The fraction of sp³-hybridized carbons (Fsp3) is 0.667. The zero-order valence-corrected chi connectivity index (χ0v) is 7.72. The highest BCUT2D eigenvalue weighted by atomic mass is 14.4. The first kappa shape index (κ1) is 6.94. The van der Waals surface area contributed by atoms with Crippen LogP contribution in [0.15, 0.2) is 23.3 Å². The van der Waals surface area contributed by atoms with Crippen molar-refractivity contribution in [3.8, 4) is 0 Å². The Morgan fingerprint density at radius 2 is 2.00 bits per heavy atom. The third-order valence-corrected chi connectivity index (χ3v) is 3.75. The second-order valence-corrected chi connectivity index (χ2v) is 4.83. The highest BCUT2D eigenvalue weighted by Gasteiger charge is 2.35. The van der Waals surface area contributed by atoms with Gasteiger partial charge in [0.15, 0.2) is 0 Å². The molecule has 3 rings (SSSR count). The minimum atomic E-state index is 0.873. The molecule has 0 spiro atoms. The summed E-state index contributed by atoms with van der Waals surface area (Å²) < 4.78 is 0. The van der Waals surface area contributed by atoms with Crippen molar-refractivity contribution in [2.45, 2.75) is 32.6 Å². The second kappa shape index (κ2) is 2.25. The first-order valence-electron chi connectivity index (χ1n) is 5.22. The molecule has 0 radical (unpaired) electrons. The fourth-order valence-corrected chi connectivity index (χ4v) is 3.07. The lowest BCUT2D eigenvalue weighted by Crippen LogP contribution is -2.14. The van der Waals surface area contributed by atoms with Crippen LogP contribution in [0.5, 0.6) is 0 Å². The van der Waals surface area contributed by atoms with Gasteiger partial charge in [0.1, 0.15) is 0 Å². The summed E-state index contributed by atoms with van der Waals surface area (Å²) in [6.07, 6.45) is 10.5. The number of hydrogen-bond donors (Lipinski definition) is 0. The van der Waals surface area contributed by atoms with Crippen molar-refractivity contribution in [2.75, 3.05) is 0 Å². The van der Waals surface area contributed by atoms with E-state index in [1.54, 1.807) is 0 Å².